The summed E-state index contributed by atoms with van der Waals surface area (Å²) in [5, 5.41) is 3.88. The highest BCUT2D eigenvalue weighted by atomic mass is 16.5. The summed E-state index contributed by atoms with van der Waals surface area (Å²) in [4.78, 5) is 44.6. The highest BCUT2D eigenvalue weighted by molar-refractivity contribution is 5.92. The van der Waals surface area contributed by atoms with Crippen molar-refractivity contribution in [2.24, 2.45) is 16.7 Å². The minimum absolute atomic E-state index is 0.0239. The molecular weight excluding hydrogens is 396 g/mol. The second kappa shape index (κ2) is 7.35. The molecule has 168 valence electrons. The fourth-order valence-electron chi connectivity index (χ4n) is 6.77. The zero-order chi connectivity index (χ0) is 21.8. The summed E-state index contributed by atoms with van der Waals surface area (Å²) in [5.74, 6) is 1.07. The molecule has 3 amide bonds. The third-order valence-electron chi connectivity index (χ3n) is 8.51. The molecule has 5 rings (SSSR count). The first-order valence-electron chi connectivity index (χ1n) is 11.6. The fraction of sp³-hybridized carbons (Fsp3) is 0.739. The molecule has 1 aromatic rings. The van der Waals surface area contributed by atoms with Crippen LogP contribution in [0.5, 0.6) is 0 Å². The summed E-state index contributed by atoms with van der Waals surface area (Å²) < 4.78 is 5.07. The molecule has 0 radical (unpaired) electrons. The average molecular weight is 429 g/mol. The first-order valence-corrected chi connectivity index (χ1v) is 11.6. The summed E-state index contributed by atoms with van der Waals surface area (Å²) in [6.07, 6.45) is 5.77. The van der Waals surface area contributed by atoms with E-state index < -0.39 is 5.41 Å². The molecule has 4 aliphatic rings. The van der Waals surface area contributed by atoms with Crippen LogP contribution in [-0.4, -0.2) is 76.8 Å². The molecule has 0 aromatic carbocycles. The molecule has 1 aromatic heterocycles. The Morgan fingerprint density at radius 3 is 2.32 bits per heavy atom. The van der Waals surface area contributed by atoms with Gasteiger partial charge in [0.25, 0.3) is 5.91 Å². The number of aryl methyl sites for hydroxylation is 1. The number of fused-ring (bicyclic) bond motifs is 2. The van der Waals surface area contributed by atoms with Crippen molar-refractivity contribution < 1.29 is 18.9 Å². The molecule has 1 spiro atoms. The lowest BCUT2D eigenvalue weighted by atomic mass is 9.65. The molecule has 3 saturated heterocycles. The van der Waals surface area contributed by atoms with Crippen molar-refractivity contribution in [2.75, 3.05) is 39.3 Å². The number of carbonyl (C=O) groups is 3. The first-order chi connectivity index (χ1) is 14.8. The van der Waals surface area contributed by atoms with Crippen LogP contribution in [0.1, 0.15) is 61.7 Å². The Morgan fingerprint density at radius 1 is 1.00 bits per heavy atom. The number of hydrogen-bond acceptors (Lipinski definition) is 5. The van der Waals surface area contributed by atoms with Crippen LogP contribution in [0, 0.1) is 23.7 Å². The molecule has 4 heterocycles. The number of carbonyl (C=O) groups excluding carboxylic acids is 3. The molecule has 31 heavy (non-hydrogen) atoms. The Kier molecular flexibility index (Phi) is 4.86. The van der Waals surface area contributed by atoms with Crippen molar-refractivity contribution in [1.29, 1.82) is 0 Å². The van der Waals surface area contributed by atoms with E-state index in [0.29, 0.717) is 37.6 Å². The lowest BCUT2D eigenvalue weighted by Crippen LogP contribution is -2.50. The molecular formula is C23H32N4O4. The quantitative estimate of drug-likeness (QED) is 0.720. The summed E-state index contributed by atoms with van der Waals surface area (Å²) in [7, 11) is 0. The normalized spacial score (nSPS) is 29.6. The molecule has 3 aliphatic heterocycles. The van der Waals surface area contributed by atoms with Crippen molar-refractivity contribution in [3.05, 3.63) is 17.5 Å². The zero-order valence-electron chi connectivity index (χ0n) is 18.6. The molecule has 0 unspecified atom stereocenters. The Bertz CT molecular complexity index is 897. The van der Waals surface area contributed by atoms with Crippen LogP contribution < -0.4 is 0 Å². The molecule has 0 bridgehead atoms. The van der Waals surface area contributed by atoms with E-state index in [-0.39, 0.29) is 29.1 Å². The largest absolute Gasteiger partial charge is 0.361 e. The third-order valence-corrected chi connectivity index (χ3v) is 8.51. The van der Waals surface area contributed by atoms with Crippen LogP contribution in [0.3, 0.4) is 0 Å². The monoisotopic (exact) mass is 428 g/mol. The van der Waals surface area contributed by atoms with Gasteiger partial charge in [-0.05, 0) is 56.8 Å². The van der Waals surface area contributed by atoms with Gasteiger partial charge in [-0.1, -0.05) is 5.16 Å². The van der Waals surface area contributed by atoms with Gasteiger partial charge in [0.2, 0.25) is 11.8 Å². The number of nitrogens with zero attached hydrogens (tertiary/aromatic N) is 4. The van der Waals surface area contributed by atoms with Gasteiger partial charge in [-0.25, -0.2) is 0 Å². The number of amides is 3. The van der Waals surface area contributed by atoms with E-state index >= 15 is 0 Å². The van der Waals surface area contributed by atoms with E-state index in [9.17, 15) is 14.4 Å². The molecule has 2 atom stereocenters. The fourth-order valence-corrected chi connectivity index (χ4v) is 6.77. The Hall–Kier alpha value is -2.38. The van der Waals surface area contributed by atoms with Crippen molar-refractivity contribution in [3.8, 4) is 0 Å². The van der Waals surface area contributed by atoms with Crippen LogP contribution in [0.25, 0.3) is 0 Å². The van der Waals surface area contributed by atoms with Gasteiger partial charge in [-0.3, -0.25) is 14.4 Å². The lowest BCUT2D eigenvalue weighted by Gasteiger charge is -2.44. The van der Waals surface area contributed by atoms with E-state index in [0.717, 1.165) is 51.6 Å². The van der Waals surface area contributed by atoms with E-state index in [4.69, 9.17) is 4.52 Å². The minimum Gasteiger partial charge on any atom is -0.361 e. The number of piperidine rings is 1. The number of rotatable bonds is 2. The third kappa shape index (κ3) is 3.17. The van der Waals surface area contributed by atoms with Crippen LogP contribution in [0.2, 0.25) is 0 Å². The van der Waals surface area contributed by atoms with Gasteiger partial charge in [-0.2, -0.15) is 0 Å². The summed E-state index contributed by atoms with van der Waals surface area (Å²) in [6, 6.07) is 1.68. The molecule has 1 saturated carbocycles. The van der Waals surface area contributed by atoms with Crippen LogP contribution >= 0.6 is 0 Å². The standard InChI is InChI=1S/C23H32N4O4/c1-16-13-18(24-31-16)20(29)25-11-7-22(8-12-25)5-6-23(21(30)26-9-3-4-10-26)15-27(17(2)28)14-19(22)23/h13,19H,3-12,14-15H2,1-2H3/t19-,23+/m0/s1. The topological polar surface area (TPSA) is 87.0 Å². The highest BCUT2D eigenvalue weighted by Gasteiger charge is 2.65. The predicted molar refractivity (Wildman–Crippen MR) is 112 cm³/mol. The van der Waals surface area contributed by atoms with Gasteiger partial charge in [0.1, 0.15) is 5.76 Å². The van der Waals surface area contributed by atoms with Gasteiger partial charge in [0.05, 0.1) is 5.41 Å². The average Bonchev–Trinajstić information content (AvgIpc) is 3.54. The zero-order valence-corrected chi connectivity index (χ0v) is 18.6. The van der Waals surface area contributed by atoms with E-state index in [2.05, 4.69) is 5.16 Å². The maximum absolute atomic E-state index is 13.7. The lowest BCUT2D eigenvalue weighted by molar-refractivity contribution is -0.143. The summed E-state index contributed by atoms with van der Waals surface area (Å²) >= 11 is 0. The van der Waals surface area contributed by atoms with Crippen LogP contribution in [0.15, 0.2) is 10.6 Å². The highest BCUT2D eigenvalue weighted by Crippen LogP contribution is 2.62. The van der Waals surface area contributed by atoms with Crippen LogP contribution in [-0.2, 0) is 9.59 Å². The van der Waals surface area contributed by atoms with Gasteiger partial charge in [0, 0.05) is 52.3 Å². The maximum atomic E-state index is 13.7. The van der Waals surface area contributed by atoms with Crippen molar-refractivity contribution in [2.45, 2.75) is 52.4 Å². The van der Waals surface area contributed by atoms with E-state index in [1.807, 2.05) is 14.7 Å². The smallest absolute Gasteiger partial charge is 0.276 e. The molecule has 8 nitrogen and oxygen atoms in total. The van der Waals surface area contributed by atoms with Crippen molar-refractivity contribution in [1.82, 2.24) is 19.9 Å². The first kappa shape index (κ1) is 20.5. The van der Waals surface area contributed by atoms with Crippen molar-refractivity contribution >= 4 is 17.7 Å². The summed E-state index contributed by atoms with van der Waals surface area (Å²) in [6.45, 7) is 7.65. The molecule has 1 aliphatic carbocycles. The number of aromatic nitrogens is 1. The van der Waals surface area contributed by atoms with Gasteiger partial charge in [-0.15, -0.1) is 0 Å². The van der Waals surface area contributed by atoms with Crippen LogP contribution in [0.4, 0.5) is 0 Å². The number of hydrogen-bond donors (Lipinski definition) is 0. The summed E-state index contributed by atoms with van der Waals surface area (Å²) in [5.41, 5.74) is -0.0521. The maximum Gasteiger partial charge on any atom is 0.276 e. The van der Waals surface area contributed by atoms with Gasteiger partial charge in [0.15, 0.2) is 5.69 Å². The SMILES string of the molecule is CC(=O)N1C[C@H]2C3(CCN(C(=O)c4cc(C)on4)CC3)CC[C@@]2(C(=O)N2CCCC2)C1. The van der Waals surface area contributed by atoms with Crippen molar-refractivity contribution in [3.63, 3.8) is 0 Å². The second-order valence-corrected chi connectivity index (χ2v) is 10.1. The molecule has 8 heteroatoms. The molecule has 4 fully saturated rings. The Balaban J connectivity index is 1.36. The van der Waals surface area contributed by atoms with E-state index in [1.54, 1.807) is 19.9 Å². The van der Waals surface area contributed by atoms with Gasteiger partial charge < -0.3 is 19.2 Å². The second-order valence-electron chi connectivity index (χ2n) is 10.1. The van der Waals surface area contributed by atoms with E-state index in [1.165, 1.54) is 0 Å². The minimum atomic E-state index is -0.439. The Labute approximate surface area is 182 Å². The molecule has 0 N–H and O–H groups in total. The predicted octanol–water partition coefficient (Wildman–Crippen LogP) is 2.09. The Morgan fingerprint density at radius 2 is 1.71 bits per heavy atom. The van der Waals surface area contributed by atoms with Gasteiger partial charge >= 0.3 is 0 Å². The number of likely N-dealkylation sites (tertiary alicyclic amines) is 3.